The number of hydrogen-bond donors (Lipinski definition) is 1. The summed E-state index contributed by atoms with van der Waals surface area (Å²) in [5.41, 5.74) is 7.04. The van der Waals surface area contributed by atoms with E-state index in [0.29, 0.717) is 12.0 Å². The van der Waals surface area contributed by atoms with E-state index in [2.05, 4.69) is 40.1 Å². The van der Waals surface area contributed by atoms with Gasteiger partial charge in [-0.3, -0.25) is 4.98 Å². The Morgan fingerprint density at radius 3 is 2.24 bits per heavy atom. The first kappa shape index (κ1) is 33.2. The van der Waals surface area contributed by atoms with Crippen molar-refractivity contribution in [1.29, 1.82) is 0 Å². The monoisotopic (exact) mass is 527 g/mol. The number of carbonyl (C=O) groups excluding carboxylic acids is 1. The Hall–Kier alpha value is -2.80. The van der Waals surface area contributed by atoms with Gasteiger partial charge < -0.3 is 19.4 Å². The van der Waals surface area contributed by atoms with E-state index in [0.717, 1.165) is 62.3 Å². The van der Waals surface area contributed by atoms with Crippen molar-refractivity contribution < 1.29 is 9.18 Å². The second kappa shape index (κ2) is 17.7. The van der Waals surface area contributed by atoms with Crippen molar-refractivity contribution in [2.75, 3.05) is 31.1 Å². The molecule has 7 heteroatoms. The average molecular weight is 528 g/mol. The van der Waals surface area contributed by atoms with Gasteiger partial charge in [0.1, 0.15) is 17.2 Å². The molecule has 0 saturated carbocycles. The number of hydrogen-bond acceptors (Lipinski definition) is 5. The minimum absolute atomic E-state index is 0.120. The van der Waals surface area contributed by atoms with Crippen LogP contribution >= 0.6 is 0 Å². The SMILES string of the molecule is CC.CCCC(C)=O.CCCc1c(N2CCNCC2)ccnc1C.CCc1cn2cc(C)nc2c(C)c1F. The predicted molar refractivity (Wildman–Crippen MR) is 159 cm³/mol. The van der Waals surface area contributed by atoms with Crippen molar-refractivity contribution in [3.8, 4) is 0 Å². The van der Waals surface area contributed by atoms with Crippen LogP contribution in [0.3, 0.4) is 0 Å². The molecule has 3 aromatic heterocycles. The van der Waals surface area contributed by atoms with Crippen LogP contribution in [0.1, 0.15) is 88.9 Å². The zero-order valence-electron chi connectivity index (χ0n) is 25.2. The second-order valence-electron chi connectivity index (χ2n) is 9.39. The number of ketones is 1. The Bertz CT molecular complexity index is 1120. The van der Waals surface area contributed by atoms with Gasteiger partial charge in [0.2, 0.25) is 0 Å². The molecule has 6 nitrogen and oxygen atoms in total. The summed E-state index contributed by atoms with van der Waals surface area (Å²) >= 11 is 0. The molecule has 0 radical (unpaired) electrons. The van der Waals surface area contributed by atoms with Gasteiger partial charge in [0.25, 0.3) is 0 Å². The van der Waals surface area contributed by atoms with E-state index in [1.54, 1.807) is 13.8 Å². The molecule has 1 N–H and O–H groups in total. The lowest BCUT2D eigenvalue weighted by molar-refractivity contribution is -0.117. The summed E-state index contributed by atoms with van der Waals surface area (Å²) in [4.78, 5) is 21.2. The van der Waals surface area contributed by atoms with Crippen LogP contribution in [0, 0.1) is 26.6 Å². The van der Waals surface area contributed by atoms with Gasteiger partial charge in [0, 0.05) is 73.7 Å². The summed E-state index contributed by atoms with van der Waals surface area (Å²) in [6.45, 7) is 22.0. The van der Waals surface area contributed by atoms with E-state index in [4.69, 9.17) is 0 Å². The molecule has 1 fully saturated rings. The third-order valence-corrected chi connectivity index (χ3v) is 6.28. The normalized spacial score (nSPS) is 12.5. The Balaban J connectivity index is 0.000000301. The predicted octanol–water partition coefficient (Wildman–Crippen LogP) is 6.81. The maximum Gasteiger partial charge on any atom is 0.142 e. The van der Waals surface area contributed by atoms with Crippen LogP contribution in [-0.2, 0) is 17.6 Å². The molecule has 1 aliphatic rings. The summed E-state index contributed by atoms with van der Waals surface area (Å²) in [6, 6.07) is 2.17. The molecule has 0 aliphatic carbocycles. The molecular formula is C31H50FN5O. The van der Waals surface area contributed by atoms with Gasteiger partial charge >= 0.3 is 0 Å². The van der Waals surface area contributed by atoms with Gasteiger partial charge in [-0.05, 0) is 58.6 Å². The summed E-state index contributed by atoms with van der Waals surface area (Å²) in [6.07, 6.45) is 10.4. The first-order valence-corrected chi connectivity index (χ1v) is 14.3. The van der Waals surface area contributed by atoms with Crippen LogP contribution in [0.25, 0.3) is 5.65 Å². The topological polar surface area (TPSA) is 62.5 Å². The standard InChI is InChI=1S/C13H21N3.C11H13FN2.C5H10O.C2H6/c1-3-4-12-11(2)15-6-5-13(12)16-9-7-14-8-10-16;1-4-9-6-14-5-7(2)13-11(14)8(3)10(9)12;1-3-4-5(2)6;1-2/h5-6,14H,3-4,7-10H2,1-2H3;5-6H,4H2,1-3H3;3-4H2,1-2H3;1-2H3. The number of imidazole rings is 1. The van der Waals surface area contributed by atoms with E-state index in [9.17, 15) is 9.18 Å². The highest BCUT2D eigenvalue weighted by atomic mass is 19.1. The highest BCUT2D eigenvalue weighted by molar-refractivity contribution is 5.75. The zero-order valence-corrected chi connectivity index (χ0v) is 25.2. The molecule has 212 valence electrons. The number of carbonyl (C=O) groups is 1. The van der Waals surface area contributed by atoms with Crippen LogP contribution in [0.4, 0.5) is 10.1 Å². The highest BCUT2D eigenvalue weighted by Gasteiger charge is 2.15. The lowest BCUT2D eigenvalue weighted by atomic mass is 10.1. The van der Waals surface area contributed by atoms with E-state index in [-0.39, 0.29) is 11.6 Å². The Labute approximate surface area is 230 Å². The number of piperazine rings is 1. The number of aryl methyl sites for hydroxylation is 4. The number of rotatable bonds is 6. The molecule has 4 rings (SSSR count). The third-order valence-electron chi connectivity index (χ3n) is 6.28. The minimum Gasteiger partial charge on any atom is -0.369 e. The molecule has 0 atom stereocenters. The number of Topliss-reactive ketones (excluding diaryl/α,β-unsaturated/α-hetero) is 1. The smallest absolute Gasteiger partial charge is 0.142 e. The largest absolute Gasteiger partial charge is 0.369 e. The first-order valence-electron chi connectivity index (χ1n) is 14.3. The van der Waals surface area contributed by atoms with Crippen molar-refractivity contribution in [3.05, 3.63) is 58.6 Å². The van der Waals surface area contributed by atoms with Gasteiger partial charge in [-0.15, -0.1) is 0 Å². The van der Waals surface area contributed by atoms with Crippen molar-refractivity contribution >= 4 is 17.1 Å². The summed E-state index contributed by atoms with van der Waals surface area (Å²) in [5.74, 6) is 0.170. The summed E-state index contributed by atoms with van der Waals surface area (Å²) in [7, 11) is 0. The number of pyridine rings is 2. The molecule has 0 bridgehead atoms. The molecule has 0 unspecified atom stereocenters. The lowest BCUT2D eigenvalue weighted by Gasteiger charge is -2.31. The molecule has 0 amide bonds. The first-order chi connectivity index (χ1) is 18.2. The average Bonchev–Trinajstić information content (AvgIpc) is 3.30. The summed E-state index contributed by atoms with van der Waals surface area (Å²) < 4.78 is 15.6. The molecule has 1 saturated heterocycles. The van der Waals surface area contributed by atoms with Crippen LogP contribution in [-0.4, -0.2) is 46.3 Å². The van der Waals surface area contributed by atoms with Crippen molar-refractivity contribution in [2.45, 2.75) is 94.4 Å². The maximum absolute atomic E-state index is 13.7. The lowest BCUT2D eigenvalue weighted by Crippen LogP contribution is -2.44. The molecule has 3 aromatic rings. The Morgan fingerprint density at radius 2 is 1.71 bits per heavy atom. The van der Waals surface area contributed by atoms with E-state index in [1.807, 2.05) is 57.6 Å². The van der Waals surface area contributed by atoms with E-state index in [1.165, 1.54) is 23.4 Å². The Morgan fingerprint density at radius 1 is 1.05 bits per heavy atom. The number of nitrogens with zero attached hydrogens (tertiary/aromatic N) is 4. The molecule has 0 spiro atoms. The third kappa shape index (κ3) is 9.82. The van der Waals surface area contributed by atoms with Gasteiger partial charge in [-0.2, -0.15) is 0 Å². The van der Waals surface area contributed by atoms with Crippen LogP contribution in [0.2, 0.25) is 0 Å². The Kier molecular flexibility index (Phi) is 15.4. The number of halogens is 1. The van der Waals surface area contributed by atoms with Crippen LogP contribution in [0.15, 0.2) is 24.7 Å². The minimum atomic E-state index is -0.120. The summed E-state index contributed by atoms with van der Waals surface area (Å²) in [5, 5.41) is 3.39. The number of aromatic nitrogens is 3. The maximum atomic E-state index is 13.7. The number of anilines is 1. The highest BCUT2D eigenvalue weighted by Crippen LogP contribution is 2.24. The van der Waals surface area contributed by atoms with Crippen molar-refractivity contribution in [1.82, 2.24) is 19.7 Å². The van der Waals surface area contributed by atoms with Crippen LogP contribution in [0.5, 0.6) is 0 Å². The fraction of sp³-hybridized carbons (Fsp3) is 0.581. The fourth-order valence-corrected chi connectivity index (χ4v) is 4.40. The zero-order chi connectivity index (χ0) is 28.7. The molecule has 4 heterocycles. The van der Waals surface area contributed by atoms with Gasteiger partial charge in [0.05, 0.1) is 5.69 Å². The van der Waals surface area contributed by atoms with Crippen molar-refractivity contribution in [3.63, 3.8) is 0 Å². The number of nitrogens with one attached hydrogen (secondary N) is 1. The van der Waals surface area contributed by atoms with Gasteiger partial charge in [-0.1, -0.05) is 41.0 Å². The number of fused-ring (bicyclic) bond motifs is 1. The van der Waals surface area contributed by atoms with Crippen LogP contribution < -0.4 is 10.2 Å². The molecular weight excluding hydrogens is 477 g/mol. The van der Waals surface area contributed by atoms with E-state index >= 15 is 0 Å². The second-order valence-corrected chi connectivity index (χ2v) is 9.39. The van der Waals surface area contributed by atoms with Gasteiger partial charge in [0.15, 0.2) is 0 Å². The van der Waals surface area contributed by atoms with Crippen molar-refractivity contribution in [2.24, 2.45) is 0 Å². The molecule has 38 heavy (non-hydrogen) atoms. The fourth-order valence-electron chi connectivity index (χ4n) is 4.40. The van der Waals surface area contributed by atoms with Gasteiger partial charge in [-0.25, -0.2) is 9.37 Å². The van der Waals surface area contributed by atoms with E-state index < -0.39 is 0 Å². The molecule has 0 aromatic carbocycles. The molecule has 1 aliphatic heterocycles. The quantitative estimate of drug-likeness (QED) is 0.382.